The van der Waals surface area contributed by atoms with Crippen LogP contribution in [0.2, 0.25) is 0 Å². The first-order valence-corrected chi connectivity index (χ1v) is 19.8. The average molecular weight is 581 g/mol. The van der Waals surface area contributed by atoms with Crippen molar-refractivity contribution >= 4 is 35.3 Å². The third-order valence-corrected chi connectivity index (χ3v) is 11.2. The molecule has 0 saturated carbocycles. The van der Waals surface area contributed by atoms with E-state index in [0.29, 0.717) is 0 Å². The fourth-order valence-electron chi connectivity index (χ4n) is 4.91. The van der Waals surface area contributed by atoms with Crippen LogP contribution in [0.1, 0.15) is 168 Å². The van der Waals surface area contributed by atoms with Crippen LogP contribution in [-0.4, -0.2) is 17.3 Å². The molecule has 0 saturated heterocycles. The van der Waals surface area contributed by atoms with E-state index in [2.05, 4.69) is 75.1 Å². The maximum atomic E-state index is 2.54. The van der Waals surface area contributed by atoms with Crippen LogP contribution >= 0.6 is 35.3 Å². The lowest BCUT2D eigenvalue weighted by Crippen LogP contribution is -1.94. The van der Waals surface area contributed by atoms with Crippen molar-refractivity contribution in [3.63, 3.8) is 0 Å². The molecule has 38 heavy (non-hydrogen) atoms. The minimum Gasteiger partial charge on any atom is -0.125 e. The van der Waals surface area contributed by atoms with E-state index in [-0.39, 0.29) is 0 Å². The van der Waals surface area contributed by atoms with Crippen molar-refractivity contribution in [3.8, 4) is 0 Å². The summed E-state index contributed by atoms with van der Waals surface area (Å²) in [6, 6.07) is 5.08. The van der Waals surface area contributed by atoms with Gasteiger partial charge in [-0.15, -0.1) is 35.3 Å². The summed E-state index contributed by atoms with van der Waals surface area (Å²) in [4.78, 5) is 4.80. The maximum absolute atomic E-state index is 2.54. The SMILES string of the molecule is CCCCCCCCCSc1cc(CC)cc(SCCCCCCCCC)c1SCCCCCCCCC. The van der Waals surface area contributed by atoms with Gasteiger partial charge in [0, 0.05) is 14.7 Å². The Kier molecular flexibility index (Phi) is 26.2. The monoisotopic (exact) mass is 580 g/mol. The number of thioether (sulfide) groups is 3. The third-order valence-electron chi connectivity index (χ3n) is 7.49. The fraction of sp³-hybridized carbons (Fsp3) is 0.829. The summed E-state index contributed by atoms with van der Waals surface area (Å²) in [6.07, 6.45) is 30.6. The molecule has 0 fully saturated rings. The molecule has 0 aliphatic heterocycles. The molecule has 0 spiro atoms. The first kappa shape index (κ1) is 36.3. The molecule has 3 heteroatoms. The molecule has 0 radical (unpaired) electrons. The second-order valence-corrected chi connectivity index (χ2v) is 14.6. The molecule has 1 aromatic carbocycles. The zero-order valence-electron chi connectivity index (χ0n) is 26.1. The van der Waals surface area contributed by atoms with Crippen LogP contribution in [0, 0.1) is 0 Å². The molecule has 0 aliphatic rings. The van der Waals surface area contributed by atoms with Crippen molar-refractivity contribution in [1.82, 2.24) is 0 Å². The van der Waals surface area contributed by atoms with Crippen LogP contribution in [0.5, 0.6) is 0 Å². The van der Waals surface area contributed by atoms with E-state index in [0.717, 1.165) is 6.42 Å². The Morgan fingerprint density at radius 2 is 0.711 bits per heavy atom. The maximum Gasteiger partial charge on any atom is 0.0344 e. The standard InChI is InChI=1S/C35H64S3/c1-5-9-12-15-18-21-24-27-36-33-30-32(8-4)31-34(37-28-25-22-19-16-13-10-6-2)35(33)38-29-26-23-20-17-14-11-7-3/h30-31H,5-29H2,1-4H3. The Hall–Kier alpha value is 0.270. The van der Waals surface area contributed by atoms with E-state index < -0.39 is 0 Å². The summed E-state index contributed by atoms with van der Waals surface area (Å²) in [5, 5.41) is 0. The molecule has 0 amide bonds. The highest BCUT2D eigenvalue weighted by Gasteiger charge is 2.13. The molecule has 0 N–H and O–H groups in total. The minimum absolute atomic E-state index is 1.15. The van der Waals surface area contributed by atoms with Gasteiger partial charge in [0.05, 0.1) is 0 Å². The van der Waals surface area contributed by atoms with E-state index in [1.54, 1.807) is 14.7 Å². The lowest BCUT2D eigenvalue weighted by molar-refractivity contribution is 0.603. The van der Waals surface area contributed by atoms with Crippen molar-refractivity contribution in [2.24, 2.45) is 0 Å². The van der Waals surface area contributed by atoms with E-state index in [1.165, 1.54) is 158 Å². The van der Waals surface area contributed by atoms with Gasteiger partial charge in [-0.2, -0.15) is 0 Å². The first-order valence-electron chi connectivity index (χ1n) is 16.8. The van der Waals surface area contributed by atoms with E-state index >= 15 is 0 Å². The summed E-state index contributed by atoms with van der Waals surface area (Å²) in [6.45, 7) is 9.26. The Balaban J connectivity index is 2.64. The molecular formula is C35H64S3. The second kappa shape index (κ2) is 27.4. The van der Waals surface area contributed by atoms with E-state index in [1.807, 2.05) is 0 Å². The van der Waals surface area contributed by atoms with E-state index in [9.17, 15) is 0 Å². The van der Waals surface area contributed by atoms with Gasteiger partial charge < -0.3 is 0 Å². The van der Waals surface area contributed by atoms with Crippen LogP contribution in [0.25, 0.3) is 0 Å². The van der Waals surface area contributed by atoms with Gasteiger partial charge >= 0.3 is 0 Å². The zero-order chi connectivity index (χ0) is 27.5. The first-order chi connectivity index (χ1) is 18.8. The quantitative estimate of drug-likeness (QED) is 0.0714. The number of unbranched alkanes of at least 4 members (excludes halogenated alkanes) is 18. The van der Waals surface area contributed by atoms with Crippen molar-refractivity contribution in [2.45, 2.75) is 184 Å². The summed E-state index contributed by atoms with van der Waals surface area (Å²) in [5.74, 6) is 3.86. The van der Waals surface area contributed by atoms with Gasteiger partial charge in [-0.1, -0.05) is 143 Å². The Bertz CT molecular complexity index is 601. The summed E-state index contributed by atoms with van der Waals surface area (Å²) < 4.78 is 0. The topological polar surface area (TPSA) is 0 Å². The molecule has 0 nitrogen and oxygen atoms in total. The summed E-state index contributed by atoms with van der Waals surface area (Å²) in [7, 11) is 0. The lowest BCUT2D eigenvalue weighted by Gasteiger charge is -2.16. The minimum atomic E-state index is 1.15. The molecule has 0 heterocycles. The lowest BCUT2D eigenvalue weighted by atomic mass is 10.1. The summed E-state index contributed by atoms with van der Waals surface area (Å²) in [5.41, 5.74) is 1.54. The Morgan fingerprint density at radius 3 is 1.05 bits per heavy atom. The molecular weight excluding hydrogens is 517 g/mol. The predicted molar refractivity (Wildman–Crippen MR) is 182 cm³/mol. The predicted octanol–water partition coefficient (Wildman–Crippen LogP) is 13.8. The van der Waals surface area contributed by atoms with Crippen molar-refractivity contribution in [2.75, 3.05) is 17.3 Å². The number of aryl methyl sites for hydroxylation is 1. The van der Waals surface area contributed by atoms with Crippen LogP contribution in [0.15, 0.2) is 26.8 Å². The molecule has 0 bridgehead atoms. The summed E-state index contributed by atoms with van der Waals surface area (Å²) >= 11 is 6.49. The molecule has 1 rings (SSSR count). The highest BCUT2D eigenvalue weighted by Crippen LogP contribution is 2.41. The van der Waals surface area contributed by atoms with Gasteiger partial charge in [0.15, 0.2) is 0 Å². The van der Waals surface area contributed by atoms with Gasteiger partial charge in [0.1, 0.15) is 0 Å². The van der Waals surface area contributed by atoms with Crippen molar-refractivity contribution in [1.29, 1.82) is 0 Å². The molecule has 0 unspecified atom stereocenters. The van der Waals surface area contributed by atoms with Gasteiger partial charge in [-0.3, -0.25) is 0 Å². The van der Waals surface area contributed by atoms with E-state index in [4.69, 9.17) is 0 Å². The number of hydrogen-bond acceptors (Lipinski definition) is 3. The second-order valence-electron chi connectivity index (χ2n) is 11.2. The largest absolute Gasteiger partial charge is 0.125 e. The highest BCUT2D eigenvalue weighted by atomic mass is 32.2. The van der Waals surface area contributed by atoms with Crippen LogP contribution in [0.3, 0.4) is 0 Å². The average Bonchev–Trinajstić information content (AvgIpc) is 2.93. The van der Waals surface area contributed by atoms with Crippen molar-refractivity contribution < 1.29 is 0 Å². The van der Waals surface area contributed by atoms with Crippen LogP contribution < -0.4 is 0 Å². The van der Waals surface area contributed by atoms with Gasteiger partial charge in [-0.05, 0) is 60.6 Å². The number of hydrogen-bond donors (Lipinski definition) is 0. The van der Waals surface area contributed by atoms with Crippen molar-refractivity contribution in [3.05, 3.63) is 17.7 Å². The molecule has 222 valence electrons. The molecule has 1 aromatic rings. The third kappa shape index (κ3) is 19.4. The Labute approximate surface area is 252 Å². The molecule has 0 aliphatic carbocycles. The number of benzene rings is 1. The van der Waals surface area contributed by atoms with Gasteiger partial charge in [0.25, 0.3) is 0 Å². The zero-order valence-corrected chi connectivity index (χ0v) is 28.5. The molecule has 0 aromatic heterocycles. The molecule has 0 atom stereocenters. The highest BCUT2D eigenvalue weighted by molar-refractivity contribution is 8.03. The normalized spacial score (nSPS) is 11.5. The fourth-order valence-corrected chi connectivity index (χ4v) is 8.72. The Morgan fingerprint density at radius 1 is 0.395 bits per heavy atom. The smallest absolute Gasteiger partial charge is 0.0344 e. The number of rotatable bonds is 28. The van der Waals surface area contributed by atoms with Crippen LogP contribution in [-0.2, 0) is 6.42 Å². The van der Waals surface area contributed by atoms with Gasteiger partial charge in [-0.25, -0.2) is 0 Å². The van der Waals surface area contributed by atoms with Crippen LogP contribution in [0.4, 0.5) is 0 Å². The van der Waals surface area contributed by atoms with Gasteiger partial charge in [0.2, 0.25) is 0 Å².